The molecule has 0 amide bonds. The van der Waals surface area contributed by atoms with Gasteiger partial charge in [-0.25, -0.2) is 4.99 Å². The highest BCUT2D eigenvalue weighted by Crippen LogP contribution is 2.28. The van der Waals surface area contributed by atoms with Gasteiger partial charge < -0.3 is 24.8 Å². The monoisotopic (exact) mass is 323 g/mol. The maximum Gasteiger partial charge on any atom is 0.191 e. The molecule has 0 fully saturated rings. The molecule has 0 aromatic heterocycles. The third-order valence-corrected chi connectivity index (χ3v) is 3.11. The second-order valence-electron chi connectivity index (χ2n) is 4.89. The topological polar surface area (TPSA) is 64.1 Å². The van der Waals surface area contributed by atoms with Gasteiger partial charge in [0.1, 0.15) is 0 Å². The van der Waals surface area contributed by atoms with Gasteiger partial charge in [0.25, 0.3) is 0 Å². The Labute approximate surface area is 139 Å². The van der Waals surface area contributed by atoms with Gasteiger partial charge in [0, 0.05) is 26.8 Å². The van der Waals surface area contributed by atoms with E-state index < -0.39 is 0 Å². The fourth-order valence-corrected chi connectivity index (χ4v) is 2.02. The minimum atomic E-state index is 0.572. The molecule has 0 aliphatic rings. The predicted octanol–water partition coefficient (Wildman–Crippen LogP) is 2.19. The molecule has 0 saturated carbocycles. The molecule has 1 aromatic rings. The number of benzene rings is 1. The van der Waals surface area contributed by atoms with Gasteiger partial charge in [0.15, 0.2) is 17.5 Å². The van der Waals surface area contributed by atoms with Crippen LogP contribution < -0.4 is 20.1 Å². The molecule has 0 bridgehead atoms. The molecular formula is C17H29N3O3. The average molecular weight is 323 g/mol. The summed E-state index contributed by atoms with van der Waals surface area (Å²) in [5.74, 6) is 2.29. The molecule has 2 N–H and O–H groups in total. The number of hydrogen-bond acceptors (Lipinski definition) is 4. The van der Waals surface area contributed by atoms with Gasteiger partial charge in [0.05, 0.1) is 20.3 Å². The van der Waals surface area contributed by atoms with Crippen LogP contribution in [-0.2, 0) is 11.3 Å². The van der Waals surface area contributed by atoms with Crippen molar-refractivity contribution in [1.82, 2.24) is 10.6 Å². The summed E-state index contributed by atoms with van der Waals surface area (Å²) in [6.07, 6.45) is 0.942. The van der Waals surface area contributed by atoms with Crippen LogP contribution in [0.4, 0.5) is 0 Å². The van der Waals surface area contributed by atoms with Crippen molar-refractivity contribution in [2.75, 3.05) is 40.5 Å². The number of nitrogens with zero attached hydrogens (tertiary/aromatic N) is 1. The van der Waals surface area contributed by atoms with Gasteiger partial charge in [0.2, 0.25) is 0 Å². The fraction of sp³-hybridized carbons (Fsp3) is 0.588. The summed E-state index contributed by atoms with van der Waals surface area (Å²) >= 11 is 0. The summed E-state index contributed by atoms with van der Waals surface area (Å²) in [6, 6.07) is 5.89. The van der Waals surface area contributed by atoms with Gasteiger partial charge in [-0.05, 0) is 38.0 Å². The van der Waals surface area contributed by atoms with Crippen LogP contribution in [0.3, 0.4) is 0 Å². The predicted molar refractivity (Wildman–Crippen MR) is 93.5 cm³/mol. The van der Waals surface area contributed by atoms with Crippen molar-refractivity contribution in [2.24, 2.45) is 4.99 Å². The number of guanidine groups is 1. The first-order valence-corrected chi connectivity index (χ1v) is 8.05. The standard InChI is InChI=1S/C17H29N3O3/c1-5-18-17(19-10-7-11-21-3)20-13-14-8-9-15(23-6-2)16(12-14)22-4/h8-9,12H,5-7,10-11,13H2,1-4H3,(H2,18,19,20). The Morgan fingerprint density at radius 3 is 2.61 bits per heavy atom. The number of hydrogen-bond donors (Lipinski definition) is 2. The Morgan fingerprint density at radius 2 is 1.96 bits per heavy atom. The summed E-state index contributed by atoms with van der Waals surface area (Å²) in [4.78, 5) is 4.59. The lowest BCUT2D eigenvalue weighted by Gasteiger charge is -2.12. The first-order chi connectivity index (χ1) is 11.2. The lowest BCUT2D eigenvalue weighted by Crippen LogP contribution is -2.38. The van der Waals surface area contributed by atoms with Crippen LogP contribution in [0.5, 0.6) is 11.5 Å². The largest absolute Gasteiger partial charge is 0.493 e. The molecule has 0 saturated heterocycles. The molecule has 0 radical (unpaired) electrons. The summed E-state index contributed by atoms with van der Waals surface area (Å²) in [6.45, 7) is 7.57. The van der Waals surface area contributed by atoms with Crippen molar-refractivity contribution in [3.63, 3.8) is 0 Å². The van der Waals surface area contributed by atoms with Crippen LogP contribution >= 0.6 is 0 Å². The molecule has 0 aliphatic carbocycles. The number of ether oxygens (including phenoxy) is 3. The fourth-order valence-electron chi connectivity index (χ4n) is 2.02. The lowest BCUT2D eigenvalue weighted by molar-refractivity contribution is 0.195. The minimum absolute atomic E-state index is 0.572. The quantitative estimate of drug-likeness (QED) is 0.392. The van der Waals surface area contributed by atoms with Crippen molar-refractivity contribution in [2.45, 2.75) is 26.8 Å². The molecule has 130 valence electrons. The number of rotatable bonds is 10. The summed E-state index contributed by atoms with van der Waals surface area (Å²) in [7, 11) is 3.35. The molecule has 0 spiro atoms. The highest BCUT2D eigenvalue weighted by atomic mass is 16.5. The van der Waals surface area contributed by atoms with Crippen molar-refractivity contribution < 1.29 is 14.2 Å². The van der Waals surface area contributed by atoms with Crippen molar-refractivity contribution in [3.8, 4) is 11.5 Å². The van der Waals surface area contributed by atoms with Gasteiger partial charge in [-0.15, -0.1) is 0 Å². The molecule has 0 heterocycles. The highest BCUT2D eigenvalue weighted by Gasteiger charge is 2.05. The van der Waals surface area contributed by atoms with E-state index in [4.69, 9.17) is 14.2 Å². The van der Waals surface area contributed by atoms with Crippen molar-refractivity contribution in [1.29, 1.82) is 0 Å². The van der Waals surface area contributed by atoms with Gasteiger partial charge in [-0.1, -0.05) is 6.07 Å². The van der Waals surface area contributed by atoms with Gasteiger partial charge in [-0.3, -0.25) is 0 Å². The molecule has 6 heteroatoms. The van der Waals surface area contributed by atoms with Crippen LogP contribution in [0.25, 0.3) is 0 Å². The molecule has 0 aliphatic heterocycles. The third-order valence-electron chi connectivity index (χ3n) is 3.11. The SMILES string of the molecule is CCNC(=NCc1ccc(OCC)c(OC)c1)NCCCOC. The first kappa shape index (κ1) is 19.1. The average Bonchev–Trinajstić information content (AvgIpc) is 2.57. The minimum Gasteiger partial charge on any atom is -0.493 e. The molecule has 6 nitrogen and oxygen atoms in total. The van der Waals surface area contributed by atoms with E-state index in [0.717, 1.165) is 49.1 Å². The second kappa shape index (κ2) is 11.6. The number of nitrogens with one attached hydrogen (secondary N) is 2. The maximum absolute atomic E-state index is 5.53. The van der Waals surface area contributed by atoms with E-state index in [9.17, 15) is 0 Å². The van der Waals surface area contributed by atoms with E-state index in [2.05, 4.69) is 15.6 Å². The van der Waals surface area contributed by atoms with E-state index in [1.165, 1.54) is 0 Å². The molecule has 1 aromatic carbocycles. The smallest absolute Gasteiger partial charge is 0.191 e. The molecule has 1 rings (SSSR count). The Hall–Kier alpha value is -1.95. The summed E-state index contributed by atoms with van der Waals surface area (Å²) < 4.78 is 15.9. The highest BCUT2D eigenvalue weighted by molar-refractivity contribution is 5.79. The second-order valence-corrected chi connectivity index (χ2v) is 4.89. The Kier molecular flexibility index (Phi) is 9.63. The van der Waals surface area contributed by atoms with Crippen LogP contribution in [-0.4, -0.2) is 46.5 Å². The zero-order valence-electron chi connectivity index (χ0n) is 14.6. The molecule has 23 heavy (non-hydrogen) atoms. The van der Waals surface area contributed by atoms with Gasteiger partial charge >= 0.3 is 0 Å². The Balaban J connectivity index is 2.66. The number of aliphatic imine (C=N–C) groups is 1. The van der Waals surface area contributed by atoms with E-state index in [0.29, 0.717) is 13.2 Å². The maximum atomic E-state index is 5.53. The van der Waals surface area contributed by atoms with E-state index >= 15 is 0 Å². The lowest BCUT2D eigenvalue weighted by atomic mass is 10.2. The van der Waals surface area contributed by atoms with Crippen LogP contribution in [0, 0.1) is 0 Å². The van der Waals surface area contributed by atoms with Gasteiger partial charge in [-0.2, -0.15) is 0 Å². The Morgan fingerprint density at radius 1 is 1.13 bits per heavy atom. The van der Waals surface area contributed by atoms with E-state index in [1.54, 1.807) is 14.2 Å². The van der Waals surface area contributed by atoms with Crippen LogP contribution in [0.15, 0.2) is 23.2 Å². The normalized spacial score (nSPS) is 11.2. The number of methoxy groups -OCH3 is 2. The van der Waals surface area contributed by atoms with Crippen molar-refractivity contribution in [3.05, 3.63) is 23.8 Å². The van der Waals surface area contributed by atoms with E-state index in [1.807, 2.05) is 32.0 Å². The van der Waals surface area contributed by atoms with Crippen LogP contribution in [0.2, 0.25) is 0 Å². The third kappa shape index (κ3) is 7.23. The summed E-state index contributed by atoms with van der Waals surface area (Å²) in [5, 5.41) is 6.52. The zero-order valence-corrected chi connectivity index (χ0v) is 14.6. The molecular weight excluding hydrogens is 294 g/mol. The van der Waals surface area contributed by atoms with Crippen LogP contribution in [0.1, 0.15) is 25.8 Å². The zero-order chi connectivity index (χ0) is 16.9. The molecule has 0 atom stereocenters. The van der Waals surface area contributed by atoms with E-state index in [-0.39, 0.29) is 0 Å². The summed E-state index contributed by atoms with van der Waals surface area (Å²) in [5.41, 5.74) is 1.07. The van der Waals surface area contributed by atoms with Crippen molar-refractivity contribution >= 4 is 5.96 Å². The first-order valence-electron chi connectivity index (χ1n) is 8.05. The molecule has 0 unspecified atom stereocenters. The Bertz CT molecular complexity index is 478.